The molecule has 0 saturated heterocycles. The average Bonchev–Trinajstić information content (AvgIpc) is 2.77. The zero-order chi connectivity index (χ0) is 12.1. The molecule has 1 aromatic carbocycles. The first-order chi connectivity index (χ1) is 8.28. The monoisotopic (exact) mass is 331 g/mol. The molecule has 0 aliphatic carbocycles. The van der Waals surface area contributed by atoms with Crippen LogP contribution in [0.4, 0.5) is 0 Å². The van der Waals surface area contributed by atoms with Gasteiger partial charge in [0.25, 0.3) is 0 Å². The minimum atomic E-state index is 0.475. The van der Waals surface area contributed by atoms with Gasteiger partial charge < -0.3 is 4.74 Å². The van der Waals surface area contributed by atoms with Crippen molar-refractivity contribution in [3.63, 3.8) is 0 Å². The van der Waals surface area contributed by atoms with Crippen molar-refractivity contribution in [1.82, 2.24) is 4.98 Å². The zero-order valence-electron chi connectivity index (χ0n) is 9.03. The van der Waals surface area contributed by atoms with E-state index in [4.69, 9.17) is 16.3 Å². The van der Waals surface area contributed by atoms with Crippen molar-refractivity contribution in [2.75, 3.05) is 6.61 Å². The predicted molar refractivity (Wildman–Crippen MR) is 75.0 cm³/mol. The molecule has 0 spiro atoms. The fourth-order valence-electron chi connectivity index (χ4n) is 1.34. The van der Waals surface area contributed by atoms with Crippen LogP contribution in [0.3, 0.4) is 0 Å². The fourth-order valence-corrected chi connectivity index (χ4v) is 2.72. The van der Waals surface area contributed by atoms with Crippen LogP contribution in [0.5, 0.6) is 5.75 Å². The van der Waals surface area contributed by atoms with Gasteiger partial charge in [-0.05, 0) is 18.2 Å². The number of hydrogen-bond acceptors (Lipinski definition) is 3. The SMILES string of the molecule is ClCc1csc(CCOc2cccc(Br)c2)n1. The van der Waals surface area contributed by atoms with Gasteiger partial charge >= 0.3 is 0 Å². The highest BCUT2D eigenvalue weighted by atomic mass is 79.9. The highest BCUT2D eigenvalue weighted by molar-refractivity contribution is 9.10. The molecule has 0 aliphatic rings. The Bertz CT molecular complexity index is 489. The van der Waals surface area contributed by atoms with Crippen molar-refractivity contribution in [3.8, 4) is 5.75 Å². The molecule has 0 fully saturated rings. The molecule has 1 heterocycles. The molecule has 0 bridgehead atoms. The number of benzene rings is 1. The molecule has 0 amide bonds. The van der Waals surface area contributed by atoms with Gasteiger partial charge in [0.1, 0.15) is 5.75 Å². The van der Waals surface area contributed by atoms with Crippen molar-refractivity contribution in [1.29, 1.82) is 0 Å². The van der Waals surface area contributed by atoms with Crippen LogP contribution in [0.2, 0.25) is 0 Å². The second kappa shape index (κ2) is 6.38. The summed E-state index contributed by atoms with van der Waals surface area (Å²) in [6.45, 7) is 0.631. The van der Waals surface area contributed by atoms with Crippen molar-refractivity contribution in [2.45, 2.75) is 12.3 Å². The minimum absolute atomic E-state index is 0.475. The van der Waals surface area contributed by atoms with E-state index in [1.807, 2.05) is 29.6 Å². The molecule has 2 nitrogen and oxygen atoms in total. The van der Waals surface area contributed by atoms with Crippen LogP contribution in [-0.4, -0.2) is 11.6 Å². The van der Waals surface area contributed by atoms with Gasteiger partial charge in [-0.15, -0.1) is 22.9 Å². The van der Waals surface area contributed by atoms with Gasteiger partial charge in [-0.1, -0.05) is 22.0 Å². The van der Waals surface area contributed by atoms with Crippen LogP contribution in [-0.2, 0) is 12.3 Å². The Labute approximate surface area is 118 Å². The van der Waals surface area contributed by atoms with E-state index < -0.39 is 0 Å². The van der Waals surface area contributed by atoms with Crippen LogP contribution in [0.15, 0.2) is 34.1 Å². The smallest absolute Gasteiger partial charge is 0.120 e. The Kier molecular flexibility index (Phi) is 4.83. The van der Waals surface area contributed by atoms with Crippen molar-refractivity contribution in [3.05, 3.63) is 44.8 Å². The Morgan fingerprint density at radius 2 is 2.29 bits per heavy atom. The van der Waals surface area contributed by atoms with Crippen molar-refractivity contribution >= 4 is 38.9 Å². The van der Waals surface area contributed by atoms with Crippen molar-refractivity contribution in [2.24, 2.45) is 0 Å². The standard InChI is InChI=1S/C12H11BrClNOS/c13-9-2-1-3-11(6-9)16-5-4-12-15-10(7-14)8-17-12/h1-3,6,8H,4-5,7H2. The van der Waals surface area contributed by atoms with Gasteiger partial charge in [0.05, 0.1) is 23.2 Å². The molecule has 0 N–H and O–H groups in total. The van der Waals surface area contributed by atoms with Gasteiger partial charge in [0, 0.05) is 16.3 Å². The summed E-state index contributed by atoms with van der Waals surface area (Å²) in [5, 5.41) is 3.05. The molecule has 2 rings (SSSR count). The van der Waals surface area contributed by atoms with E-state index in [1.165, 1.54) is 0 Å². The number of ether oxygens (including phenoxy) is 1. The van der Waals surface area contributed by atoms with Crippen LogP contribution in [0.25, 0.3) is 0 Å². The number of aromatic nitrogens is 1. The lowest BCUT2D eigenvalue weighted by Gasteiger charge is -2.04. The second-order valence-corrected chi connectivity index (χ2v) is 5.55. The van der Waals surface area contributed by atoms with Crippen LogP contribution in [0, 0.1) is 0 Å². The lowest BCUT2D eigenvalue weighted by Crippen LogP contribution is -2.01. The third kappa shape index (κ3) is 3.98. The summed E-state index contributed by atoms with van der Waals surface area (Å²) in [5.74, 6) is 1.34. The molecule has 2 aromatic rings. The topological polar surface area (TPSA) is 22.1 Å². The van der Waals surface area contributed by atoms with E-state index in [2.05, 4.69) is 20.9 Å². The summed E-state index contributed by atoms with van der Waals surface area (Å²) in [6.07, 6.45) is 0.814. The molecule has 0 unspecified atom stereocenters. The molecule has 1 aromatic heterocycles. The largest absolute Gasteiger partial charge is 0.493 e. The first kappa shape index (κ1) is 12.9. The quantitative estimate of drug-likeness (QED) is 0.763. The minimum Gasteiger partial charge on any atom is -0.493 e. The Balaban J connectivity index is 1.83. The maximum absolute atomic E-state index is 5.70. The second-order valence-electron chi connectivity index (χ2n) is 3.42. The molecule has 17 heavy (non-hydrogen) atoms. The first-order valence-corrected chi connectivity index (χ1v) is 7.36. The maximum atomic E-state index is 5.70. The Morgan fingerprint density at radius 3 is 3.00 bits per heavy atom. The van der Waals surface area contributed by atoms with E-state index in [0.29, 0.717) is 12.5 Å². The van der Waals surface area contributed by atoms with Gasteiger partial charge in [-0.2, -0.15) is 0 Å². The van der Waals surface area contributed by atoms with Gasteiger partial charge in [0.15, 0.2) is 0 Å². The average molecular weight is 333 g/mol. The highest BCUT2D eigenvalue weighted by Crippen LogP contribution is 2.18. The fraction of sp³-hybridized carbons (Fsp3) is 0.250. The first-order valence-electron chi connectivity index (χ1n) is 5.15. The highest BCUT2D eigenvalue weighted by Gasteiger charge is 2.01. The third-order valence-electron chi connectivity index (χ3n) is 2.12. The van der Waals surface area contributed by atoms with Gasteiger partial charge in [-0.25, -0.2) is 4.98 Å². The lowest BCUT2D eigenvalue weighted by atomic mass is 10.3. The van der Waals surface area contributed by atoms with Crippen molar-refractivity contribution < 1.29 is 4.74 Å². The van der Waals surface area contributed by atoms with Crippen LogP contribution in [0.1, 0.15) is 10.7 Å². The summed E-state index contributed by atoms with van der Waals surface area (Å²) in [5.41, 5.74) is 0.939. The summed E-state index contributed by atoms with van der Waals surface area (Å²) in [4.78, 5) is 4.37. The number of rotatable bonds is 5. The van der Waals surface area contributed by atoms with E-state index in [-0.39, 0.29) is 0 Å². The maximum Gasteiger partial charge on any atom is 0.120 e. The van der Waals surface area contributed by atoms with E-state index in [0.717, 1.165) is 27.3 Å². The predicted octanol–water partition coefficient (Wildman–Crippen LogP) is 4.27. The summed E-state index contributed by atoms with van der Waals surface area (Å²) in [6, 6.07) is 7.82. The Hall–Kier alpha value is -0.580. The van der Waals surface area contributed by atoms with E-state index >= 15 is 0 Å². The number of thiazole rings is 1. The molecule has 90 valence electrons. The molecular formula is C12H11BrClNOS. The van der Waals surface area contributed by atoms with Gasteiger partial charge in [0.2, 0.25) is 0 Å². The van der Waals surface area contributed by atoms with E-state index in [1.54, 1.807) is 11.3 Å². The molecule has 5 heteroatoms. The summed E-state index contributed by atoms with van der Waals surface area (Å²) in [7, 11) is 0. The number of halogens is 2. The lowest BCUT2D eigenvalue weighted by molar-refractivity contribution is 0.321. The van der Waals surface area contributed by atoms with E-state index in [9.17, 15) is 0 Å². The van der Waals surface area contributed by atoms with Gasteiger partial charge in [-0.3, -0.25) is 0 Å². The third-order valence-corrected chi connectivity index (χ3v) is 3.84. The summed E-state index contributed by atoms with van der Waals surface area (Å²) < 4.78 is 6.66. The Morgan fingerprint density at radius 1 is 1.41 bits per heavy atom. The molecule has 0 saturated carbocycles. The van der Waals surface area contributed by atoms with Crippen LogP contribution < -0.4 is 4.74 Å². The molecular weight excluding hydrogens is 322 g/mol. The molecule has 0 aliphatic heterocycles. The molecule has 0 radical (unpaired) electrons. The number of nitrogens with zero attached hydrogens (tertiary/aromatic N) is 1. The summed E-state index contributed by atoms with van der Waals surface area (Å²) >= 11 is 10.7. The number of hydrogen-bond donors (Lipinski definition) is 0. The zero-order valence-corrected chi connectivity index (χ0v) is 12.2. The molecule has 0 atom stereocenters. The normalized spacial score (nSPS) is 10.5. The van der Waals surface area contributed by atoms with Crippen LogP contribution >= 0.6 is 38.9 Å². The number of alkyl halides is 1.